The SMILES string of the molecule is C=CCO[PH+]=O.[H-].[Na+]. The smallest absolute Gasteiger partial charge is 1.00 e. The zero-order valence-electron chi connectivity index (χ0n) is 5.31. The Balaban J connectivity index is -0.000000125. The second kappa shape index (κ2) is 9.93. The summed E-state index contributed by atoms with van der Waals surface area (Å²) in [7, 11) is -0.657. The average Bonchev–Trinajstić information content (AvgIpc) is 1.61. The first-order chi connectivity index (χ1) is 2.91. The van der Waals surface area contributed by atoms with Gasteiger partial charge in [0.2, 0.25) is 0 Å². The van der Waals surface area contributed by atoms with E-state index in [-0.39, 0.29) is 31.0 Å². The summed E-state index contributed by atoms with van der Waals surface area (Å²) in [5.41, 5.74) is 0. The summed E-state index contributed by atoms with van der Waals surface area (Å²) in [5, 5.41) is 0. The topological polar surface area (TPSA) is 26.3 Å². The van der Waals surface area contributed by atoms with Gasteiger partial charge >= 0.3 is 38.2 Å². The van der Waals surface area contributed by atoms with Gasteiger partial charge in [0, 0.05) is 0 Å². The van der Waals surface area contributed by atoms with Crippen LogP contribution in [-0.2, 0) is 9.09 Å². The van der Waals surface area contributed by atoms with Crippen molar-refractivity contribution in [1.82, 2.24) is 0 Å². The molecule has 0 heterocycles. The second-order valence-electron chi connectivity index (χ2n) is 0.683. The van der Waals surface area contributed by atoms with Gasteiger partial charge in [-0.25, -0.2) is 0 Å². The van der Waals surface area contributed by atoms with E-state index >= 15 is 0 Å². The molecular weight excluding hydrogens is 122 g/mol. The maximum Gasteiger partial charge on any atom is 1.00 e. The fourth-order valence-electron chi connectivity index (χ4n) is 0.0929. The minimum absolute atomic E-state index is 0. The first kappa shape index (κ1) is 10.7. The van der Waals surface area contributed by atoms with Crippen LogP contribution in [0.2, 0.25) is 0 Å². The van der Waals surface area contributed by atoms with Crippen LogP contribution in [0.15, 0.2) is 12.7 Å². The minimum atomic E-state index is -0.657. The van der Waals surface area contributed by atoms with Crippen molar-refractivity contribution in [3.05, 3.63) is 12.7 Å². The molecule has 1 unspecified atom stereocenters. The van der Waals surface area contributed by atoms with Crippen molar-refractivity contribution in [3.8, 4) is 0 Å². The van der Waals surface area contributed by atoms with Gasteiger partial charge in [-0.3, -0.25) is 0 Å². The van der Waals surface area contributed by atoms with Crippen molar-refractivity contribution in [2.75, 3.05) is 6.61 Å². The summed E-state index contributed by atoms with van der Waals surface area (Å²) in [6, 6.07) is 0. The van der Waals surface area contributed by atoms with Gasteiger partial charge in [-0.1, -0.05) is 6.08 Å². The molecule has 0 aliphatic carbocycles. The third-order valence-corrected chi connectivity index (χ3v) is 0.545. The Morgan fingerprint density at radius 2 is 2.57 bits per heavy atom. The van der Waals surface area contributed by atoms with Crippen LogP contribution < -0.4 is 29.6 Å². The van der Waals surface area contributed by atoms with Gasteiger partial charge in [-0.05, 0) is 4.57 Å². The maximum absolute atomic E-state index is 9.45. The van der Waals surface area contributed by atoms with Gasteiger partial charge in [-0.15, -0.1) is 11.1 Å². The van der Waals surface area contributed by atoms with E-state index in [9.17, 15) is 4.57 Å². The number of hydrogen-bond donors (Lipinski definition) is 0. The Labute approximate surface area is 68.0 Å². The summed E-state index contributed by atoms with van der Waals surface area (Å²) in [6.07, 6.45) is 1.55. The van der Waals surface area contributed by atoms with E-state index in [2.05, 4.69) is 11.1 Å². The van der Waals surface area contributed by atoms with Gasteiger partial charge in [0.1, 0.15) is 6.61 Å². The van der Waals surface area contributed by atoms with Crippen LogP contribution in [0.25, 0.3) is 0 Å². The number of hydrogen-bond acceptors (Lipinski definition) is 2. The normalized spacial score (nSPS) is 7.43. The summed E-state index contributed by atoms with van der Waals surface area (Å²) in [4.78, 5) is 0. The van der Waals surface area contributed by atoms with Crippen molar-refractivity contribution in [1.29, 1.82) is 0 Å². The molecule has 0 fully saturated rings. The predicted octanol–water partition coefficient (Wildman–Crippen LogP) is -1.76. The van der Waals surface area contributed by atoms with Crippen LogP contribution in [0.5, 0.6) is 0 Å². The largest absolute Gasteiger partial charge is 1.00 e. The molecule has 1 atom stereocenters. The third-order valence-electron chi connectivity index (χ3n) is 0.260. The Hall–Kier alpha value is 0.800. The first-order valence-corrected chi connectivity index (χ1v) is 2.33. The van der Waals surface area contributed by atoms with Gasteiger partial charge in [0.15, 0.2) is 0 Å². The van der Waals surface area contributed by atoms with Gasteiger partial charge in [0.05, 0.1) is 0 Å². The van der Waals surface area contributed by atoms with E-state index in [1.165, 1.54) is 0 Å². The molecule has 0 aromatic carbocycles. The minimum Gasteiger partial charge on any atom is -1.00 e. The van der Waals surface area contributed by atoms with Crippen molar-refractivity contribution in [2.45, 2.75) is 0 Å². The van der Waals surface area contributed by atoms with Crippen LogP contribution in [-0.4, -0.2) is 6.61 Å². The summed E-state index contributed by atoms with van der Waals surface area (Å²) in [5.74, 6) is 0. The van der Waals surface area contributed by atoms with Gasteiger partial charge in [0.25, 0.3) is 0 Å². The predicted molar refractivity (Wildman–Crippen MR) is 26.3 cm³/mol. The summed E-state index contributed by atoms with van der Waals surface area (Å²) in [6.45, 7) is 3.72. The Morgan fingerprint density at radius 3 is 2.71 bits per heavy atom. The monoisotopic (exact) mass is 129 g/mol. The van der Waals surface area contributed by atoms with Crippen LogP contribution in [0.3, 0.4) is 0 Å². The van der Waals surface area contributed by atoms with Crippen LogP contribution in [0.4, 0.5) is 0 Å². The van der Waals surface area contributed by atoms with Crippen molar-refractivity contribution < 1.29 is 40.1 Å². The second-order valence-corrected chi connectivity index (χ2v) is 1.14. The molecule has 7 heavy (non-hydrogen) atoms. The van der Waals surface area contributed by atoms with E-state index < -0.39 is 8.69 Å². The first-order valence-electron chi connectivity index (χ1n) is 1.51. The molecule has 0 saturated carbocycles. The fraction of sp³-hybridized carbons (Fsp3) is 0.333. The molecule has 0 saturated heterocycles. The molecule has 0 spiro atoms. The summed E-state index contributed by atoms with van der Waals surface area (Å²) < 4.78 is 13.8. The summed E-state index contributed by atoms with van der Waals surface area (Å²) >= 11 is 0. The molecule has 0 aromatic heterocycles. The number of rotatable bonds is 3. The van der Waals surface area contributed by atoms with Crippen molar-refractivity contribution >= 4 is 8.69 Å². The Bertz CT molecular complexity index is 53.2. The van der Waals surface area contributed by atoms with Crippen LogP contribution >= 0.6 is 8.69 Å². The molecular formula is C3H7NaO2P+. The molecule has 0 aliphatic heterocycles. The molecule has 0 rings (SSSR count). The standard InChI is InChI=1S/C3H6O2P.Na.H/c1-2-3-5-6-4;;/h2,6H,1,3H2;;/q2*+1;-1. The van der Waals surface area contributed by atoms with Gasteiger partial charge < -0.3 is 1.43 Å². The molecule has 2 nitrogen and oxygen atoms in total. The third kappa shape index (κ3) is 10.8. The maximum atomic E-state index is 9.45. The van der Waals surface area contributed by atoms with Crippen molar-refractivity contribution in [2.24, 2.45) is 0 Å². The molecule has 0 aliphatic rings. The van der Waals surface area contributed by atoms with Crippen LogP contribution in [0.1, 0.15) is 1.43 Å². The molecule has 0 aromatic rings. The van der Waals surface area contributed by atoms with Gasteiger partial charge in [-0.2, -0.15) is 0 Å². The van der Waals surface area contributed by atoms with Crippen molar-refractivity contribution in [3.63, 3.8) is 0 Å². The zero-order valence-corrected chi connectivity index (χ0v) is 7.31. The van der Waals surface area contributed by atoms with Crippen LogP contribution in [0, 0.1) is 0 Å². The van der Waals surface area contributed by atoms with E-state index in [1.54, 1.807) is 6.08 Å². The molecule has 0 amide bonds. The van der Waals surface area contributed by atoms with E-state index in [1.807, 2.05) is 0 Å². The molecule has 0 N–H and O–H groups in total. The van der Waals surface area contributed by atoms with E-state index in [0.29, 0.717) is 6.61 Å². The zero-order chi connectivity index (χ0) is 4.83. The molecule has 4 heteroatoms. The molecule has 0 bridgehead atoms. The fourth-order valence-corrected chi connectivity index (χ4v) is 0.279. The van der Waals surface area contributed by atoms with E-state index in [0.717, 1.165) is 0 Å². The Morgan fingerprint density at radius 1 is 2.00 bits per heavy atom. The molecule has 0 radical (unpaired) electrons. The quantitative estimate of drug-likeness (QED) is 0.195. The average molecular weight is 129 g/mol. The molecule has 36 valence electrons. The van der Waals surface area contributed by atoms with E-state index in [4.69, 9.17) is 0 Å². The Kier molecular flexibility index (Phi) is 15.2.